The van der Waals surface area contributed by atoms with Crippen LogP contribution in [0, 0.1) is 5.82 Å². The van der Waals surface area contributed by atoms with E-state index in [1.54, 1.807) is 50.8 Å². The Morgan fingerprint density at radius 1 is 1.17 bits per heavy atom. The number of nitrogens with one attached hydrogen (secondary N) is 1. The molecular weight excluding hydrogens is 393 g/mol. The standard InChI is InChI=1S/C21H20FN3O3S/c1-25-11-10-23-21(25)29-19-8-6-15(22)13-16(19)24-20(26)9-5-14-4-7-17(27-2)18(12-14)28-3/h4-13H,1-3H3,(H,24,26). The molecule has 0 fully saturated rings. The Balaban J connectivity index is 1.76. The van der Waals surface area contributed by atoms with Gasteiger partial charge in [0.25, 0.3) is 0 Å². The Hall–Kier alpha value is -3.26. The minimum atomic E-state index is -0.437. The number of carbonyl (C=O) groups excluding carboxylic acids is 1. The molecule has 0 saturated carbocycles. The van der Waals surface area contributed by atoms with Gasteiger partial charge in [-0.15, -0.1) is 0 Å². The maximum absolute atomic E-state index is 13.7. The van der Waals surface area contributed by atoms with Crippen LogP contribution < -0.4 is 14.8 Å². The summed E-state index contributed by atoms with van der Waals surface area (Å²) in [6.07, 6.45) is 6.51. The second-order valence-corrected chi connectivity index (χ2v) is 7.01. The zero-order valence-electron chi connectivity index (χ0n) is 16.2. The second-order valence-electron chi connectivity index (χ2n) is 6.00. The van der Waals surface area contributed by atoms with E-state index in [2.05, 4.69) is 10.3 Å². The second kappa shape index (κ2) is 9.29. The fourth-order valence-corrected chi connectivity index (χ4v) is 3.41. The van der Waals surface area contributed by atoms with Gasteiger partial charge >= 0.3 is 0 Å². The van der Waals surface area contributed by atoms with Crippen molar-refractivity contribution < 1.29 is 18.7 Å². The summed E-state index contributed by atoms with van der Waals surface area (Å²) in [7, 11) is 4.96. The van der Waals surface area contributed by atoms with Crippen LogP contribution in [-0.4, -0.2) is 29.7 Å². The molecule has 0 saturated heterocycles. The zero-order valence-corrected chi connectivity index (χ0v) is 17.0. The molecule has 29 heavy (non-hydrogen) atoms. The number of aryl methyl sites for hydroxylation is 1. The van der Waals surface area contributed by atoms with Crippen molar-refractivity contribution in [3.63, 3.8) is 0 Å². The van der Waals surface area contributed by atoms with Crippen LogP contribution >= 0.6 is 11.8 Å². The summed E-state index contributed by atoms with van der Waals surface area (Å²) in [6, 6.07) is 9.56. The van der Waals surface area contributed by atoms with Crippen LogP contribution in [0.1, 0.15) is 5.56 Å². The number of amides is 1. The normalized spacial score (nSPS) is 10.9. The van der Waals surface area contributed by atoms with Crippen molar-refractivity contribution in [3.05, 3.63) is 66.2 Å². The van der Waals surface area contributed by atoms with Crippen molar-refractivity contribution in [2.45, 2.75) is 10.1 Å². The number of rotatable bonds is 7. The van der Waals surface area contributed by atoms with Gasteiger partial charge in [-0.2, -0.15) is 0 Å². The van der Waals surface area contributed by atoms with E-state index >= 15 is 0 Å². The maximum atomic E-state index is 13.7. The molecule has 8 heteroatoms. The molecule has 3 rings (SSSR count). The fraction of sp³-hybridized carbons (Fsp3) is 0.143. The lowest BCUT2D eigenvalue weighted by atomic mass is 10.2. The minimum absolute atomic E-state index is 0.375. The van der Waals surface area contributed by atoms with E-state index in [9.17, 15) is 9.18 Å². The van der Waals surface area contributed by atoms with Crippen molar-refractivity contribution in [2.24, 2.45) is 7.05 Å². The Morgan fingerprint density at radius 2 is 1.97 bits per heavy atom. The number of nitrogens with zero attached hydrogens (tertiary/aromatic N) is 2. The first-order valence-corrected chi connectivity index (χ1v) is 9.47. The molecule has 1 aromatic heterocycles. The molecule has 0 spiro atoms. The molecular formula is C21H20FN3O3S. The average Bonchev–Trinajstić information content (AvgIpc) is 3.12. The van der Waals surface area contributed by atoms with Gasteiger partial charge < -0.3 is 19.4 Å². The molecule has 0 atom stereocenters. The predicted octanol–water partition coefficient (Wildman–Crippen LogP) is 4.38. The van der Waals surface area contributed by atoms with E-state index < -0.39 is 5.82 Å². The Labute approximate surface area is 172 Å². The Kier molecular flexibility index (Phi) is 6.56. The smallest absolute Gasteiger partial charge is 0.248 e. The SMILES string of the molecule is COc1ccc(C=CC(=O)Nc2cc(F)ccc2Sc2nccn2C)cc1OC. The largest absolute Gasteiger partial charge is 0.493 e. The Morgan fingerprint density at radius 3 is 2.66 bits per heavy atom. The Bertz CT molecular complexity index is 1050. The highest BCUT2D eigenvalue weighted by Gasteiger charge is 2.11. The lowest BCUT2D eigenvalue weighted by Crippen LogP contribution is -2.09. The molecule has 0 aliphatic carbocycles. The molecule has 3 aromatic rings. The van der Waals surface area contributed by atoms with Gasteiger partial charge in [-0.3, -0.25) is 4.79 Å². The van der Waals surface area contributed by atoms with Crippen LogP contribution in [0.2, 0.25) is 0 Å². The number of benzene rings is 2. The lowest BCUT2D eigenvalue weighted by molar-refractivity contribution is -0.111. The van der Waals surface area contributed by atoms with Crippen LogP contribution in [0.25, 0.3) is 6.08 Å². The van der Waals surface area contributed by atoms with Gasteiger partial charge in [-0.05, 0) is 53.7 Å². The number of aromatic nitrogens is 2. The van der Waals surface area contributed by atoms with Gasteiger partial charge in [0.2, 0.25) is 5.91 Å². The van der Waals surface area contributed by atoms with E-state index in [1.807, 2.05) is 17.8 Å². The predicted molar refractivity (Wildman–Crippen MR) is 111 cm³/mol. The summed E-state index contributed by atoms with van der Waals surface area (Å²) < 4.78 is 26.0. The third kappa shape index (κ3) is 5.17. The van der Waals surface area contributed by atoms with E-state index in [0.717, 1.165) is 10.7 Å². The fourth-order valence-electron chi connectivity index (χ4n) is 2.54. The third-order valence-electron chi connectivity index (χ3n) is 4.01. The van der Waals surface area contributed by atoms with Gasteiger partial charge in [-0.1, -0.05) is 6.07 Å². The molecule has 1 heterocycles. The number of carbonyl (C=O) groups is 1. The van der Waals surface area contributed by atoms with Crippen molar-refractivity contribution in [2.75, 3.05) is 19.5 Å². The van der Waals surface area contributed by atoms with Gasteiger partial charge in [0, 0.05) is 30.4 Å². The minimum Gasteiger partial charge on any atom is -0.493 e. The van der Waals surface area contributed by atoms with E-state index in [4.69, 9.17) is 9.47 Å². The summed E-state index contributed by atoms with van der Waals surface area (Å²) in [5.74, 6) is 0.346. The molecule has 1 amide bonds. The first-order valence-electron chi connectivity index (χ1n) is 8.66. The maximum Gasteiger partial charge on any atom is 0.248 e. The molecule has 2 aromatic carbocycles. The third-order valence-corrected chi connectivity index (χ3v) is 5.16. The van der Waals surface area contributed by atoms with Gasteiger partial charge in [0.05, 0.1) is 19.9 Å². The number of anilines is 1. The number of ether oxygens (including phenoxy) is 2. The highest BCUT2D eigenvalue weighted by atomic mass is 32.2. The summed E-state index contributed by atoms with van der Waals surface area (Å²) in [5.41, 5.74) is 1.14. The molecule has 0 radical (unpaired) electrons. The molecule has 0 unspecified atom stereocenters. The highest BCUT2D eigenvalue weighted by molar-refractivity contribution is 7.99. The van der Waals surface area contributed by atoms with Gasteiger partial charge in [-0.25, -0.2) is 9.37 Å². The van der Waals surface area contributed by atoms with Gasteiger partial charge in [0.1, 0.15) is 5.82 Å². The molecule has 0 bridgehead atoms. The highest BCUT2D eigenvalue weighted by Crippen LogP contribution is 2.33. The summed E-state index contributed by atoms with van der Waals surface area (Å²) in [6.45, 7) is 0. The van der Waals surface area contributed by atoms with Gasteiger partial charge in [0.15, 0.2) is 16.7 Å². The topological polar surface area (TPSA) is 65.4 Å². The first-order chi connectivity index (χ1) is 14.0. The van der Waals surface area contributed by atoms with Crippen molar-refractivity contribution in [1.82, 2.24) is 9.55 Å². The lowest BCUT2D eigenvalue weighted by Gasteiger charge is -2.10. The monoisotopic (exact) mass is 413 g/mol. The van der Waals surface area contributed by atoms with Crippen molar-refractivity contribution >= 4 is 29.4 Å². The molecule has 1 N–H and O–H groups in total. The van der Waals surface area contributed by atoms with E-state index in [-0.39, 0.29) is 5.91 Å². The summed E-state index contributed by atoms with van der Waals surface area (Å²) in [5, 5.41) is 3.45. The molecule has 150 valence electrons. The molecule has 0 aliphatic heterocycles. The quantitative estimate of drug-likeness (QED) is 0.583. The van der Waals surface area contributed by atoms with Crippen molar-refractivity contribution in [3.8, 4) is 11.5 Å². The summed E-state index contributed by atoms with van der Waals surface area (Å²) >= 11 is 1.34. The van der Waals surface area contributed by atoms with Crippen molar-refractivity contribution in [1.29, 1.82) is 0 Å². The number of halogens is 1. The first kappa shape index (κ1) is 20.5. The number of hydrogen-bond acceptors (Lipinski definition) is 5. The zero-order chi connectivity index (χ0) is 20.8. The summed E-state index contributed by atoms with van der Waals surface area (Å²) in [4.78, 5) is 17.3. The van der Waals surface area contributed by atoms with Crippen LogP contribution in [0.15, 0.2) is 64.9 Å². The number of methoxy groups -OCH3 is 2. The molecule has 0 aliphatic rings. The molecule has 6 nitrogen and oxygen atoms in total. The van der Waals surface area contributed by atoms with E-state index in [0.29, 0.717) is 22.1 Å². The number of imidazole rings is 1. The van der Waals surface area contributed by atoms with Crippen LogP contribution in [0.4, 0.5) is 10.1 Å². The van der Waals surface area contributed by atoms with Crippen LogP contribution in [0.3, 0.4) is 0 Å². The average molecular weight is 413 g/mol. The van der Waals surface area contributed by atoms with Crippen LogP contribution in [-0.2, 0) is 11.8 Å². The number of hydrogen-bond donors (Lipinski definition) is 1. The van der Waals surface area contributed by atoms with Crippen LogP contribution in [0.5, 0.6) is 11.5 Å². The van der Waals surface area contributed by atoms with E-state index in [1.165, 1.54) is 30.0 Å².